The zero-order chi connectivity index (χ0) is 15.0. The lowest BCUT2D eigenvalue weighted by Crippen LogP contribution is -2.24. The SMILES string of the molecule is COCCCCCNC(=O)c1ccc(N(C)C)c(N)c1. The first-order chi connectivity index (χ1) is 9.56. The Morgan fingerprint density at radius 1 is 1.30 bits per heavy atom. The number of nitrogens with two attached hydrogens (primary N) is 1. The van der Waals surface area contributed by atoms with Crippen LogP contribution in [0.25, 0.3) is 0 Å². The number of ether oxygens (including phenoxy) is 1. The third-order valence-electron chi connectivity index (χ3n) is 3.08. The molecule has 0 spiro atoms. The summed E-state index contributed by atoms with van der Waals surface area (Å²) in [7, 11) is 5.54. The average Bonchev–Trinajstić information content (AvgIpc) is 2.41. The number of carbonyl (C=O) groups excluding carboxylic acids is 1. The predicted molar refractivity (Wildman–Crippen MR) is 83.2 cm³/mol. The van der Waals surface area contributed by atoms with Crippen LogP contribution in [0, 0.1) is 0 Å². The van der Waals surface area contributed by atoms with Crippen LogP contribution >= 0.6 is 0 Å². The van der Waals surface area contributed by atoms with Gasteiger partial charge in [-0.25, -0.2) is 0 Å². The molecule has 0 heterocycles. The van der Waals surface area contributed by atoms with E-state index in [0.29, 0.717) is 17.8 Å². The molecule has 1 aromatic rings. The molecule has 0 unspecified atom stereocenters. The summed E-state index contributed by atoms with van der Waals surface area (Å²) in [6.45, 7) is 1.45. The zero-order valence-electron chi connectivity index (χ0n) is 12.6. The van der Waals surface area contributed by atoms with Crippen LogP contribution in [-0.2, 0) is 4.74 Å². The molecule has 112 valence electrons. The van der Waals surface area contributed by atoms with Crippen molar-refractivity contribution in [1.82, 2.24) is 5.32 Å². The fraction of sp³-hybridized carbons (Fsp3) is 0.533. The van der Waals surface area contributed by atoms with Crippen LogP contribution in [0.5, 0.6) is 0 Å². The minimum absolute atomic E-state index is 0.0752. The predicted octanol–water partition coefficient (Wildman–Crippen LogP) is 1.88. The lowest BCUT2D eigenvalue weighted by atomic mass is 10.1. The zero-order valence-corrected chi connectivity index (χ0v) is 12.6. The topological polar surface area (TPSA) is 67.6 Å². The van der Waals surface area contributed by atoms with Gasteiger partial charge < -0.3 is 20.7 Å². The molecule has 0 aliphatic heterocycles. The molecule has 5 heteroatoms. The van der Waals surface area contributed by atoms with Gasteiger partial charge in [-0.15, -0.1) is 0 Å². The fourth-order valence-electron chi connectivity index (χ4n) is 1.96. The summed E-state index contributed by atoms with van der Waals surface area (Å²) in [5, 5.41) is 2.90. The molecule has 0 saturated carbocycles. The number of nitrogen functional groups attached to an aromatic ring is 1. The third kappa shape index (κ3) is 5.09. The molecule has 1 rings (SSSR count). The number of hydrogen-bond acceptors (Lipinski definition) is 4. The van der Waals surface area contributed by atoms with Gasteiger partial charge in [-0.3, -0.25) is 4.79 Å². The number of amides is 1. The molecular formula is C15H25N3O2. The van der Waals surface area contributed by atoms with E-state index in [2.05, 4.69) is 5.32 Å². The summed E-state index contributed by atoms with van der Waals surface area (Å²) in [6.07, 6.45) is 3.03. The van der Waals surface area contributed by atoms with E-state index in [-0.39, 0.29) is 5.91 Å². The number of carbonyl (C=O) groups is 1. The Balaban J connectivity index is 2.42. The molecule has 0 radical (unpaired) electrons. The normalized spacial score (nSPS) is 10.3. The van der Waals surface area contributed by atoms with Crippen LogP contribution in [0.2, 0.25) is 0 Å². The molecule has 1 aromatic carbocycles. The van der Waals surface area contributed by atoms with Gasteiger partial charge in [0.15, 0.2) is 0 Å². The van der Waals surface area contributed by atoms with E-state index in [1.165, 1.54) is 0 Å². The highest BCUT2D eigenvalue weighted by atomic mass is 16.5. The molecule has 0 saturated heterocycles. The van der Waals surface area contributed by atoms with Crippen molar-refractivity contribution in [2.75, 3.05) is 45.0 Å². The second kappa shape index (κ2) is 8.43. The molecule has 20 heavy (non-hydrogen) atoms. The van der Waals surface area contributed by atoms with Crippen LogP contribution in [0.1, 0.15) is 29.6 Å². The van der Waals surface area contributed by atoms with Crippen LogP contribution in [0.4, 0.5) is 11.4 Å². The summed E-state index contributed by atoms with van der Waals surface area (Å²) in [5.74, 6) is -0.0752. The van der Waals surface area contributed by atoms with Crippen LogP contribution in [0.15, 0.2) is 18.2 Å². The molecule has 0 atom stereocenters. The Bertz CT molecular complexity index is 433. The average molecular weight is 279 g/mol. The van der Waals surface area contributed by atoms with Crippen molar-refractivity contribution in [3.8, 4) is 0 Å². The first-order valence-electron chi connectivity index (χ1n) is 6.90. The summed E-state index contributed by atoms with van der Waals surface area (Å²) in [6, 6.07) is 5.38. The standard InChI is InChI=1S/C15H25N3O2/c1-18(2)14-8-7-12(11-13(14)16)15(19)17-9-5-4-6-10-20-3/h7-8,11H,4-6,9-10,16H2,1-3H3,(H,17,19). The minimum atomic E-state index is -0.0752. The maximum atomic E-state index is 12.0. The van der Waals surface area contributed by atoms with Gasteiger partial charge in [-0.2, -0.15) is 0 Å². The fourth-order valence-corrected chi connectivity index (χ4v) is 1.96. The highest BCUT2D eigenvalue weighted by molar-refractivity contribution is 5.96. The van der Waals surface area contributed by atoms with Crippen LogP contribution < -0.4 is 16.0 Å². The van der Waals surface area contributed by atoms with Crippen molar-refractivity contribution < 1.29 is 9.53 Å². The number of nitrogens with zero attached hydrogens (tertiary/aromatic N) is 1. The number of hydrogen-bond donors (Lipinski definition) is 2. The molecule has 1 amide bonds. The Labute approximate surface area is 121 Å². The second-order valence-corrected chi connectivity index (χ2v) is 4.98. The number of nitrogens with one attached hydrogen (secondary N) is 1. The molecule has 0 aromatic heterocycles. The summed E-state index contributed by atoms with van der Waals surface area (Å²) in [4.78, 5) is 13.9. The maximum absolute atomic E-state index is 12.0. The van der Waals surface area contributed by atoms with Crippen molar-refractivity contribution in [2.45, 2.75) is 19.3 Å². The Hall–Kier alpha value is -1.75. The van der Waals surface area contributed by atoms with E-state index < -0.39 is 0 Å². The van der Waals surface area contributed by atoms with Gasteiger partial charge >= 0.3 is 0 Å². The molecule has 3 N–H and O–H groups in total. The van der Waals surface area contributed by atoms with Crippen molar-refractivity contribution in [3.05, 3.63) is 23.8 Å². The Morgan fingerprint density at radius 3 is 2.65 bits per heavy atom. The minimum Gasteiger partial charge on any atom is -0.397 e. The Kier molecular flexibility index (Phi) is 6.87. The number of anilines is 2. The number of benzene rings is 1. The van der Waals surface area contributed by atoms with Gasteiger partial charge in [0.2, 0.25) is 0 Å². The van der Waals surface area contributed by atoms with Crippen molar-refractivity contribution in [2.24, 2.45) is 0 Å². The van der Waals surface area contributed by atoms with E-state index in [4.69, 9.17) is 10.5 Å². The molecular weight excluding hydrogens is 254 g/mol. The van der Waals surface area contributed by atoms with Crippen molar-refractivity contribution in [1.29, 1.82) is 0 Å². The quantitative estimate of drug-likeness (QED) is 0.563. The van der Waals surface area contributed by atoms with Gasteiger partial charge in [0.05, 0.1) is 11.4 Å². The lowest BCUT2D eigenvalue weighted by molar-refractivity contribution is 0.0952. The van der Waals surface area contributed by atoms with Crippen molar-refractivity contribution >= 4 is 17.3 Å². The van der Waals surface area contributed by atoms with Crippen LogP contribution in [0.3, 0.4) is 0 Å². The Morgan fingerprint density at radius 2 is 2.05 bits per heavy atom. The number of unbranched alkanes of at least 4 members (excludes halogenated alkanes) is 2. The van der Waals surface area contributed by atoms with Gasteiger partial charge in [-0.1, -0.05) is 0 Å². The highest BCUT2D eigenvalue weighted by Gasteiger charge is 2.08. The first-order valence-corrected chi connectivity index (χ1v) is 6.90. The molecule has 0 bridgehead atoms. The highest BCUT2D eigenvalue weighted by Crippen LogP contribution is 2.22. The maximum Gasteiger partial charge on any atom is 0.251 e. The molecule has 0 aliphatic carbocycles. The third-order valence-corrected chi connectivity index (χ3v) is 3.08. The molecule has 5 nitrogen and oxygen atoms in total. The van der Waals surface area contributed by atoms with Gasteiger partial charge in [-0.05, 0) is 37.5 Å². The van der Waals surface area contributed by atoms with E-state index in [0.717, 1.165) is 31.6 Å². The van der Waals surface area contributed by atoms with Gasteiger partial charge in [0.1, 0.15) is 0 Å². The van der Waals surface area contributed by atoms with Gasteiger partial charge in [0.25, 0.3) is 5.91 Å². The lowest BCUT2D eigenvalue weighted by Gasteiger charge is -2.15. The van der Waals surface area contributed by atoms with E-state index in [9.17, 15) is 4.79 Å². The summed E-state index contributed by atoms with van der Waals surface area (Å²) < 4.78 is 4.98. The largest absolute Gasteiger partial charge is 0.397 e. The first kappa shape index (κ1) is 16.3. The molecule has 0 aliphatic rings. The van der Waals surface area contributed by atoms with Crippen LogP contribution in [-0.4, -0.2) is 40.3 Å². The smallest absolute Gasteiger partial charge is 0.251 e. The number of rotatable bonds is 8. The summed E-state index contributed by atoms with van der Waals surface area (Å²) >= 11 is 0. The monoisotopic (exact) mass is 279 g/mol. The number of methoxy groups -OCH3 is 1. The van der Waals surface area contributed by atoms with Crippen molar-refractivity contribution in [3.63, 3.8) is 0 Å². The van der Waals surface area contributed by atoms with E-state index >= 15 is 0 Å². The van der Waals surface area contributed by atoms with Gasteiger partial charge in [0, 0.05) is 39.9 Å². The molecule has 0 fully saturated rings. The summed E-state index contributed by atoms with van der Waals surface area (Å²) in [5.41, 5.74) is 8.07. The second-order valence-electron chi connectivity index (χ2n) is 4.98. The van der Waals surface area contributed by atoms with E-state index in [1.54, 1.807) is 19.2 Å². The van der Waals surface area contributed by atoms with E-state index in [1.807, 2.05) is 25.1 Å².